The zero-order chi connectivity index (χ0) is 18.8. The predicted molar refractivity (Wildman–Crippen MR) is 112 cm³/mol. The summed E-state index contributed by atoms with van der Waals surface area (Å²) in [5.41, 5.74) is 3.06. The summed E-state index contributed by atoms with van der Waals surface area (Å²) in [6.45, 7) is 8.53. The Morgan fingerprint density at radius 3 is 2.56 bits per heavy atom. The minimum absolute atomic E-state index is 0.156. The number of benzene rings is 2. The van der Waals surface area contributed by atoms with Gasteiger partial charge in [-0.15, -0.1) is 0 Å². The van der Waals surface area contributed by atoms with Crippen LogP contribution in [0.5, 0.6) is 0 Å². The van der Waals surface area contributed by atoms with Gasteiger partial charge in [0.1, 0.15) is 5.82 Å². The topological polar surface area (TPSA) is 9.72 Å². The van der Waals surface area contributed by atoms with Gasteiger partial charge in [-0.05, 0) is 50.3 Å². The molecule has 27 heavy (non-hydrogen) atoms. The van der Waals surface area contributed by atoms with Gasteiger partial charge < -0.3 is 14.7 Å². The Balaban J connectivity index is 1.61. The number of anilines is 1. The molecule has 3 nitrogen and oxygen atoms in total. The van der Waals surface area contributed by atoms with Crippen molar-refractivity contribution in [3.63, 3.8) is 0 Å². The molecule has 0 spiro atoms. The summed E-state index contributed by atoms with van der Waals surface area (Å²) in [4.78, 5) is 8.39. The summed E-state index contributed by atoms with van der Waals surface area (Å²) >= 11 is 1.85. The minimum atomic E-state index is -0.156. The number of nitrogens with zero attached hydrogens (tertiary/aromatic N) is 3. The molecule has 0 aliphatic carbocycles. The van der Waals surface area contributed by atoms with E-state index in [1.54, 1.807) is 12.1 Å². The molecule has 4 rings (SSSR count). The van der Waals surface area contributed by atoms with Crippen molar-refractivity contribution >= 4 is 23.1 Å². The second-order valence-corrected chi connectivity index (χ2v) is 7.98. The van der Waals surface area contributed by atoms with Crippen LogP contribution in [-0.4, -0.2) is 41.5 Å². The Labute approximate surface area is 165 Å². The molecule has 0 amide bonds. The fourth-order valence-electron chi connectivity index (χ4n) is 3.86. The normalized spacial score (nSPS) is 18.1. The van der Waals surface area contributed by atoms with Crippen molar-refractivity contribution in [3.8, 4) is 0 Å². The van der Waals surface area contributed by atoms with Gasteiger partial charge >= 0.3 is 0 Å². The first-order chi connectivity index (χ1) is 13.2. The van der Waals surface area contributed by atoms with Gasteiger partial charge in [0, 0.05) is 23.2 Å². The highest BCUT2D eigenvalue weighted by atomic mass is 32.2. The van der Waals surface area contributed by atoms with Crippen molar-refractivity contribution in [2.45, 2.75) is 30.7 Å². The zero-order valence-corrected chi connectivity index (χ0v) is 16.8. The smallest absolute Gasteiger partial charge is 0.159 e. The van der Waals surface area contributed by atoms with Crippen molar-refractivity contribution in [1.29, 1.82) is 0 Å². The quantitative estimate of drug-likeness (QED) is 0.660. The number of rotatable bonds is 7. The molecule has 142 valence electrons. The van der Waals surface area contributed by atoms with Gasteiger partial charge in [-0.25, -0.2) is 4.39 Å². The standard InChI is InChI=1S/C22H26FN3S/c1-3-24(4-2)14-9-15-25-20(17-10-5-6-11-18(17)23)16-26-19-12-7-8-13-21(19)27-22(25)26/h5-8,10-13,16,22H,3-4,9,14-15H2,1-2H3. The van der Waals surface area contributed by atoms with E-state index in [1.807, 2.05) is 23.9 Å². The van der Waals surface area contributed by atoms with Crippen LogP contribution in [0.4, 0.5) is 10.1 Å². The molecule has 0 radical (unpaired) electrons. The Bertz CT molecular complexity index is 834. The molecule has 2 aromatic rings. The largest absolute Gasteiger partial charge is 0.340 e. The first-order valence-corrected chi connectivity index (χ1v) is 10.6. The monoisotopic (exact) mass is 383 g/mol. The van der Waals surface area contributed by atoms with Gasteiger partial charge in [0.15, 0.2) is 5.50 Å². The van der Waals surface area contributed by atoms with Crippen LogP contribution in [0.15, 0.2) is 59.6 Å². The first-order valence-electron chi connectivity index (χ1n) is 9.72. The zero-order valence-electron chi connectivity index (χ0n) is 15.9. The average molecular weight is 384 g/mol. The lowest BCUT2D eigenvalue weighted by Gasteiger charge is -2.30. The number of halogens is 1. The first kappa shape index (κ1) is 18.4. The lowest BCUT2D eigenvalue weighted by Crippen LogP contribution is -2.36. The maximum atomic E-state index is 14.5. The van der Waals surface area contributed by atoms with Gasteiger partial charge in [0.2, 0.25) is 0 Å². The lowest BCUT2D eigenvalue weighted by atomic mass is 10.1. The molecule has 2 aromatic carbocycles. The number of hydrogen-bond donors (Lipinski definition) is 0. The van der Waals surface area contributed by atoms with Crippen molar-refractivity contribution < 1.29 is 4.39 Å². The molecule has 2 aliphatic heterocycles. The van der Waals surface area contributed by atoms with Crippen LogP contribution in [-0.2, 0) is 0 Å². The van der Waals surface area contributed by atoms with E-state index in [-0.39, 0.29) is 11.3 Å². The number of thioether (sulfide) groups is 1. The van der Waals surface area contributed by atoms with E-state index in [9.17, 15) is 4.39 Å². The predicted octanol–water partition coefficient (Wildman–Crippen LogP) is 5.07. The van der Waals surface area contributed by atoms with Crippen LogP contribution in [0.2, 0.25) is 0 Å². The third-order valence-corrected chi connectivity index (χ3v) is 6.66. The molecule has 0 fully saturated rings. The summed E-state index contributed by atoms with van der Waals surface area (Å²) in [5, 5.41) is 0. The Morgan fingerprint density at radius 2 is 1.78 bits per heavy atom. The number of fused-ring (bicyclic) bond motifs is 3. The number of hydrogen-bond acceptors (Lipinski definition) is 4. The third-order valence-electron chi connectivity index (χ3n) is 5.37. The molecule has 0 saturated carbocycles. The van der Waals surface area contributed by atoms with E-state index >= 15 is 0 Å². The Hall–Kier alpha value is -1.98. The molecule has 0 aromatic heterocycles. The van der Waals surface area contributed by atoms with Crippen molar-refractivity contribution in [1.82, 2.24) is 9.80 Å². The maximum Gasteiger partial charge on any atom is 0.159 e. The highest BCUT2D eigenvalue weighted by Gasteiger charge is 2.40. The Morgan fingerprint density at radius 1 is 1.04 bits per heavy atom. The number of para-hydroxylation sites is 1. The molecular formula is C22H26FN3S. The molecular weight excluding hydrogens is 357 g/mol. The third kappa shape index (κ3) is 3.46. The van der Waals surface area contributed by atoms with Gasteiger partial charge in [-0.1, -0.05) is 49.9 Å². The van der Waals surface area contributed by atoms with Crippen LogP contribution < -0.4 is 4.90 Å². The van der Waals surface area contributed by atoms with Gasteiger partial charge in [-0.2, -0.15) is 0 Å². The van der Waals surface area contributed by atoms with Gasteiger partial charge in [0.25, 0.3) is 0 Å². The van der Waals surface area contributed by atoms with Crippen LogP contribution in [0.25, 0.3) is 5.70 Å². The summed E-state index contributed by atoms with van der Waals surface area (Å²) in [7, 11) is 0. The van der Waals surface area contributed by atoms with Crippen LogP contribution in [0.3, 0.4) is 0 Å². The summed E-state index contributed by atoms with van der Waals surface area (Å²) < 4.78 is 14.5. The molecule has 1 unspecified atom stereocenters. The van der Waals surface area contributed by atoms with E-state index in [0.717, 1.165) is 38.3 Å². The average Bonchev–Trinajstić information content (AvgIpc) is 3.22. The highest BCUT2D eigenvalue weighted by molar-refractivity contribution is 8.00. The highest BCUT2D eigenvalue weighted by Crippen LogP contribution is 2.50. The fourth-order valence-corrected chi connectivity index (χ4v) is 5.17. The minimum Gasteiger partial charge on any atom is -0.340 e. The molecule has 0 saturated heterocycles. The van der Waals surface area contributed by atoms with Crippen molar-refractivity contribution in [2.75, 3.05) is 31.1 Å². The van der Waals surface area contributed by atoms with Crippen LogP contribution in [0.1, 0.15) is 25.8 Å². The summed E-state index contributed by atoms with van der Waals surface area (Å²) in [5.74, 6) is -0.156. The summed E-state index contributed by atoms with van der Waals surface area (Å²) in [6.07, 6.45) is 3.19. The van der Waals surface area contributed by atoms with Gasteiger partial charge in [-0.3, -0.25) is 0 Å². The van der Waals surface area contributed by atoms with E-state index in [1.165, 1.54) is 10.6 Å². The molecule has 2 aliphatic rings. The Kier molecular flexibility index (Phi) is 5.41. The molecule has 0 N–H and O–H groups in total. The van der Waals surface area contributed by atoms with Gasteiger partial charge in [0.05, 0.1) is 11.4 Å². The van der Waals surface area contributed by atoms with E-state index in [0.29, 0.717) is 5.56 Å². The lowest BCUT2D eigenvalue weighted by molar-refractivity contribution is 0.278. The van der Waals surface area contributed by atoms with E-state index in [2.05, 4.69) is 59.0 Å². The molecule has 2 heterocycles. The van der Waals surface area contributed by atoms with Crippen molar-refractivity contribution in [3.05, 3.63) is 66.1 Å². The molecule has 0 bridgehead atoms. The summed E-state index contributed by atoms with van der Waals surface area (Å²) in [6, 6.07) is 15.6. The SMILES string of the molecule is CCN(CC)CCCN1C(c2ccccc2F)=CN2c3ccccc3SC12. The van der Waals surface area contributed by atoms with Crippen molar-refractivity contribution in [2.24, 2.45) is 0 Å². The van der Waals surface area contributed by atoms with E-state index in [4.69, 9.17) is 0 Å². The van der Waals surface area contributed by atoms with Crippen LogP contribution in [0, 0.1) is 5.82 Å². The molecule has 1 atom stereocenters. The maximum absolute atomic E-state index is 14.5. The van der Waals surface area contributed by atoms with Crippen LogP contribution >= 0.6 is 11.8 Å². The fraction of sp³-hybridized carbons (Fsp3) is 0.364. The second kappa shape index (κ2) is 7.95. The van der Waals surface area contributed by atoms with E-state index < -0.39 is 0 Å². The molecule has 5 heteroatoms. The second-order valence-electron chi connectivity index (χ2n) is 6.89.